The van der Waals surface area contributed by atoms with Crippen LogP contribution in [-0.4, -0.2) is 24.8 Å². The normalized spacial score (nSPS) is 22.1. The van der Waals surface area contributed by atoms with Crippen LogP contribution in [0.2, 0.25) is 0 Å². The summed E-state index contributed by atoms with van der Waals surface area (Å²) in [6, 6.07) is 4.88. The molecule has 0 bridgehead atoms. The zero-order valence-electron chi connectivity index (χ0n) is 11.2. The average Bonchev–Trinajstić information content (AvgIpc) is 3.29. The maximum Gasteiger partial charge on any atom is 0.125 e. The van der Waals surface area contributed by atoms with E-state index in [2.05, 4.69) is 5.32 Å². The van der Waals surface area contributed by atoms with Gasteiger partial charge in [-0.05, 0) is 49.8 Å². The second-order valence-corrected chi connectivity index (χ2v) is 5.70. The minimum Gasteiger partial charge on any atom is -0.496 e. The molecule has 0 radical (unpaired) electrons. The second kappa shape index (κ2) is 4.76. The number of hydrogen-bond acceptors (Lipinski definition) is 3. The average molecular weight is 265 g/mol. The van der Waals surface area contributed by atoms with Crippen LogP contribution >= 0.6 is 0 Å². The largest absolute Gasteiger partial charge is 0.496 e. The van der Waals surface area contributed by atoms with Gasteiger partial charge in [0, 0.05) is 18.2 Å². The standard InChI is InChI=1S/C15H20FNO2/c1-19-14-7-4-11(16)8-13(14)15(18,10-2-3-10)9-17-12-5-6-12/h4,7-8,10,12,17-18H,2-3,5-6,9H2,1H3. The molecule has 0 saturated heterocycles. The maximum absolute atomic E-state index is 13.5. The first kappa shape index (κ1) is 12.9. The molecule has 0 amide bonds. The number of ether oxygens (including phenoxy) is 1. The maximum atomic E-state index is 13.5. The summed E-state index contributed by atoms with van der Waals surface area (Å²) in [5.74, 6) is 0.434. The van der Waals surface area contributed by atoms with E-state index < -0.39 is 5.60 Å². The molecule has 4 heteroatoms. The van der Waals surface area contributed by atoms with Gasteiger partial charge in [0.15, 0.2) is 0 Å². The summed E-state index contributed by atoms with van der Waals surface area (Å²) in [4.78, 5) is 0. The Kier molecular flexibility index (Phi) is 3.23. The van der Waals surface area contributed by atoms with Gasteiger partial charge < -0.3 is 15.2 Å². The minimum atomic E-state index is -1.02. The molecule has 1 unspecified atom stereocenters. The smallest absolute Gasteiger partial charge is 0.125 e. The Morgan fingerprint density at radius 2 is 2.11 bits per heavy atom. The van der Waals surface area contributed by atoms with Crippen molar-refractivity contribution in [2.75, 3.05) is 13.7 Å². The summed E-state index contributed by atoms with van der Waals surface area (Å²) in [6.45, 7) is 0.474. The quantitative estimate of drug-likeness (QED) is 0.828. The predicted molar refractivity (Wildman–Crippen MR) is 70.6 cm³/mol. The van der Waals surface area contributed by atoms with Crippen molar-refractivity contribution in [2.45, 2.75) is 37.3 Å². The van der Waals surface area contributed by atoms with Gasteiger partial charge in [0.1, 0.15) is 17.2 Å². The van der Waals surface area contributed by atoms with Crippen molar-refractivity contribution in [3.05, 3.63) is 29.6 Å². The van der Waals surface area contributed by atoms with Gasteiger partial charge in [0.25, 0.3) is 0 Å². The molecule has 0 aliphatic heterocycles. The molecule has 0 heterocycles. The number of hydrogen-bond donors (Lipinski definition) is 2. The molecule has 104 valence electrons. The van der Waals surface area contributed by atoms with Crippen LogP contribution in [0.25, 0.3) is 0 Å². The van der Waals surface area contributed by atoms with E-state index in [0.717, 1.165) is 12.8 Å². The summed E-state index contributed by atoms with van der Waals surface area (Å²) in [5, 5.41) is 14.4. The fraction of sp³-hybridized carbons (Fsp3) is 0.600. The summed E-state index contributed by atoms with van der Waals surface area (Å²) >= 11 is 0. The Bertz CT molecular complexity index is 471. The van der Waals surface area contributed by atoms with Gasteiger partial charge >= 0.3 is 0 Å². The molecule has 2 aliphatic rings. The lowest BCUT2D eigenvalue weighted by Crippen LogP contribution is -2.41. The first-order chi connectivity index (χ1) is 9.13. The van der Waals surface area contributed by atoms with Crippen LogP contribution in [0.15, 0.2) is 18.2 Å². The van der Waals surface area contributed by atoms with Crippen LogP contribution in [0.1, 0.15) is 31.2 Å². The molecule has 1 aromatic carbocycles. The van der Waals surface area contributed by atoms with E-state index in [4.69, 9.17) is 4.74 Å². The van der Waals surface area contributed by atoms with Crippen molar-refractivity contribution in [1.29, 1.82) is 0 Å². The van der Waals surface area contributed by atoms with Gasteiger partial charge in [-0.1, -0.05) is 0 Å². The SMILES string of the molecule is COc1ccc(F)cc1C(O)(CNC1CC1)C1CC1. The lowest BCUT2D eigenvalue weighted by molar-refractivity contribution is 0.0107. The van der Waals surface area contributed by atoms with E-state index in [1.165, 1.54) is 25.0 Å². The number of nitrogens with one attached hydrogen (secondary N) is 1. The molecule has 2 N–H and O–H groups in total. The number of benzene rings is 1. The number of methoxy groups -OCH3 is 1. The van der Waals surface area contributed by atoms with Gasteiger partial charge in [0.05, 0.1) is 7.11 Å². The van der Waals surface area contributed by atoms with Crippen LogP contribution in [0, 0.1) is 11.7 Å². The van der Waals surface area contributed by atoms with Gasteiger partial charge in [0.2, 0.25) is 0 Å². The van der Waals surface area contributed by atoms with Crippen molar-refractivity contribution in [2.24, 2.45) is 5.92 Å². The van der Waals surface area contributed by atoms with Crippen LogP contribution in [0.5, 0.6) is 5.75 Å². The van der Waals surface area contributed by atoms with Gasteiger partial charge in [-0.15, -0.1) is 0 Å². The van der Waals surface area contributed by atoms with E-state index in [-0.39, 0.29) is 11.7 Å². The third kappa shape index (κ3) is 2.60. The highest BCUT2D eigenvalue weighted by molar-refractivity contribution is 5.40. The summed E-state index contributed by atoms with van der Waals surface area (Å²) in [7, 11) is 1.55. The fourth-order valence-corrected chi connectivity index (χ4v) is 2.63. The summed E-state index contributed by atoms with van der Waals surface area (Å²) < 4.78 is 18.8. The highest BCUT2D eigenvalue weighted by atomic mass is 19.1. The van der Waals surface area contributed by atoms with E-state index in [1.54, 1.807) is 13.2 Å². The molecule has 0 aromatic heterocycles. The molecule has 19 heavy (non-hydrogen) atoms. The highest BCUT2D eigenvalue weighted by Crippen LogP contribution is 2.48. The molecule has 3 rings (SSSR count). The zero-order valence-corrected chi connectivity index (χ0v) is 11.2. The van der Waals surface area contributed by atoms with Crippen LogP contribution in [0.3, 0.4) is 0 Å². The lowest BCUT2D eigenvalue weighted by Gasteiger charge is -2.30. The highest BCUT2D eigenvalue weighted by Gasteiger charge is 2.47. The predicted octanol–water partition coefficient (Wildman–Crippen LogP) is 2.18. The van der Waals surface area contributed by atoms with Crippen molar-refractivity contribution in [3.63, 3.8) is 0 Å². The molecule has 1 aromatic rings. The Hall–Kier alpha value is -1.13. The third-order valence-electron chi connectivity index (χ3n) is 4.12. The van der Waals surface area contributed by atoms with Crippen molar-refractivity contribution in [1.82, 2.24) is 5.32 Å². The van der Waals surface area contributed by atoms with Crippen molar-refractivity contribution in [3.8, 4) is 5.75 Å². The summed E-state index contributed by atoms with van der Waals surface area (Å²) in [5.41, 5.74) is -0.443. The topological polar surface area (TPSA) is 41.5 Å². The monoisotopic (exact) mass is 265 g/mol. The number of aliphatic hydroxyl groups is 1. The lowest BCUT2D eigenvalue weighted by atomic mass is 9.87. The number of rotatable bonds is 6. The van der Waals surface area contributed by atoms with Crippen molar-refractivity contribution < 1.29 is 14.2 Å². The Morgan fingerprint density at radius 1 is 1.37 bits per heavy atom. The molecule has 3 nitrogen and oxygen atoms in total. The van der Waals surface area contributed by atoms with Crippen molar-refractivity contribution >= 4 is 0 Å². The Labute approximate surface area is 112 Å². The molecular formula is C15H20FNO2. The first-order valence-corrected chi connectivity index (χ1v) is 6.93. The fourth-order valence-electron chi connectivity index (χ4n) is 2.63. The van der Waals surface area contributed by atoms with E-state index >= 15 is 0 Å². The van der Waals surface area contributed by atoms with Gasteiger partial charge in [-0.2, -0.15) is 0 Å². The molecule has 0 spiro atoms. The van der Waals surface area contributed by atoms with E-state index in [0.29, 0.717) is 23.9 Å². The van der Waals surface area contributed by atoms with Crippen LogP contribution in [-0.2, 0) is 5.60 Å². The van der Waals surface area contributed by atoms with Gasteiger partial charge in [-0.3, -0.25) is 0 Å². The molecule has 2 saturated carbocycles. The molecular weight excluding hydrogens is 245 g/mol. The van der Waals surface area contributed by atoms with E-state index in [1.807, 2.05) is 0 Å². The molecule has 2 fully saturated rings. The minimum absolute atomic E-state index is 0.203. The summed E-state index contributed by atoms with van der Waals surface area (Å²) in [6.07, 6.45) is 4.31. The molecule has 2 aliphatic carbocycles. The Balaban J connectivity index is 1.91. The first-order valence-electron chi connectivity index (χ1n) is 6.93. The zero-order chi connectivity index (χ0) is 13.5. The van der Waals surface area contributed by atoms with Gasteiger partial charge in [-0.25, -0.2) is 4.39 Å². The molecule has 1 atom stereocenters. The van der Waals surface area contributed by atoms with Crippen LogP contribution in [0.4, 0.5) is 4.39 Å². The van der Waals surface area contributed by atoms with E-state index in [9.17, 15) is 9.50 Å². The van der Waals surface area contributed by atoms with Crippen LogP contribution < -0.4 is 10.1 Å². The Morgan fingerprint density at radius 3 is 2.68 bits per heavy atom. The third-order valence-corrected chi connectivity index (χ3v) is 4.12. The second-order valence-electron chi connectivity index (χ2n) is 5.70. The number of halogens is 1.